The van der Waals surface area contributed by atoms with Gasteiger partial charge >= 0.3 is 10.4 Å². The quantitative estimate of drug-likeness (QED) is 0.491. The van der Waals surface area contributed by atoms with Crippen LogP contribution in [-0.4, -0.2) is 24.1 Å². The third kappa shape index (κ3) is 22.2. The summed E-state index contributed by atoms with van der Waals surface area (Å²) in [6, 6.07) is 9.84. The van der Waals surface area contributed by atoms with Gasteiger partial charge in [0.1, 0.15) is 12.4 Å². The van der Waals surface area contributed by atoms with Crippen molar-refractivity contribution in [2.24, 2.45) is 0 Å². The topological polar surface area (TPSA) is 154 Å². The summed E-state index contributed by atoms with van der Waals surface area (Å²) in [6.45, 7) is 2.77. The summed E-state index contributed by atoms with van der Waals surface area (Å²) in [5, 5.41) is 0. The molecule has 8 heteroatoms. The fourth-order valence-corrected chi connectivity index (χ4v) is 0.896. The highest BCUT2D eigenvalue weighted by Crippen LogP contribution is 2.07. The molecule has 1 rings (SSSR count). The summed E-state index contributed by atoms with van der Waals surface area (Å²) in [5.74, 6) is 0.929. The molecule has 0 spiro atoms. The lowest BCUT2D eigenvalue weighted by Crippen LogP contribution is -1.92. The Hall–Kier alpha value is -1.45. The fraction of sp³-hybridized carbons (Fsp3) is 0.273. The largest absolute Gasteiger partial charge is 0.490 e. The minimum atomic E-state index is -4.67. The normalized spacial score (nSPS) is 9.63. The molecule has 0 amide bonds. The molecule has 0 atom stereocenters. The van der Waals surface area contributed by atoms with Crippen molar-refractivity contribution < 1.29 is 22.3 Å². The van der Waals surface area contributed by atoms with Gasteiger partial charge in [-0.2, -0.15) is 8.42 Å². The van der Waals surface area contributed by atoms with E-state index in [1.807, 2.05) is 36.4 Å². The molecule has 0 radical (unpaired) electrons. The molecule has 7 nitrogen and oxygen atoms in total. The van der Waals surface area contributed by atoms with Gasteiger partial charge < -0.3 is 17.0 Å². The van der Waals surface area contributed by atoms with E-state index >= 15 is 0 Å². The molecule has 0 saturated heterocycles. The summed E-state index contributed by atoms with van der Waals surface area (Å²) >= 11 is 0. The van der Waals surface area contributed by atoms with Crippen LogP contribution in [0.1, 0.15) is 13.3 Å². The van der Waals surface area contributed by atoms with E-state index in [1.54, 1.807) is 0 Å². The maximum atomic E-state index is 8.74. The Balaban J connectivity index is -0.000000320. The highest BCUT2D eigenvalue weighted by molar-refractivity contribution is 7.79. The van der Waals surface area contributed by atoms with E-state index in [1.165, 1.54) is 0 Å². The number of allylic oxidation sites excluding steroid dienone is 1. The molecule has 8 N–H and O–H groups in total. The predicted molar refractivity (Wildman–Crippen MR) is 75.6 cm³/mol. The van der Waals surface area contributed by atoms with Gasteiger partial charge in [0.25, 0.3) is 0 Å². The molecule has 0 aliphatic carbocycles. The van der Waals surface area contributed by atoms with Crippen molar-refractivity contribution in [1.82, 2.24) is 12.3 Å². The number of hydrogen-bond donors (Lipinski definition) is 4. The molecule has 0 aromatic heterocycles. The Bertz CT molecular complexity index is 412. The number of rotatable bonds is 4. The Morgan fingerprint density at radius 3 is 2.00 bits per heavy atom. The standard InChI is InChI=1S/C11H14O.2H3N.H2O4S/c1-2-3-7-10-12-11-8-5-4-6-9-11;;;1-5(2,3)4/h3-9H,2,10H2,1H3;2*1H3;(H2,1,2,3,4). The van der Waals surface area contributed by atoms with Crippen molar-refractivity contribution in [3.8, 4) is 5.75 Å². The predicted octanol–water partition coefficient (Wildman–Crippen LogP) is 2.70. The van der Waals surface area contributed by atoms with Gasteiger partial charge in [0.15, 0.2) is 0 Å². The summed E-state index contributed by atoms with van der Waals surface area (Å²) in [6.07, 6.45) is 5.20. The lowest BCUT2D eigenvalue weighted by atomic mass is 10.3. The Morgan fingerprint density at radius 1 is 1.11 bits per heavy atom. The summed E-state index contributed by atoms with van der Waals surface area (Å²) < 4.78 is 37.0. The summed E-state index contributed by atoms with van der Waals surface area (Å²) in [4.78, 5) is 0. The van der Waals surface area contributed by atoms with E-state index < -0.39 is 10.4 Å². The van der Waals surface area contributed by atoms with Crippen LogP contribution in [-0.2, 0) is 10.4 Å². The number of hydrogen-bond acceptors (Lipinski definition) is 5. The first kappa shape index (κ1) is 22.7. The van der Waals surface area contributed by atoms with Crippen LogP contribution in [0.25, 0.3) is 0 Å². The molecule has 1 aromatic rings. The van der Waals surface area contributed by atoms with E-state index in [9.17, 15) is 0 Å². The first-order valence-electron chi connectivity index (χ1n) is 4.96. The van der Waals surface area contributed by atoms with Crippen LogP contribution in [0.3, 0.4) is 0 Å². The van der Waals surface area contributed by atoms with E-state index in [2.05, 4.69) is 13.0 Å². The molecule has 112 valence electrons. The van der Waals surface area contributed by atoms with Crippen LogP contribution in [0.15, 0.2) is 42.5 Å². The first-order chi connectivity index (χ1) is 7.93. The Kier molecular flexibility index (Phi) is 15.5. The number of benzene rings is 1. The highest BCUT2D eigenvalue weighted by Gasteiger charge is 1.86. The van der Waals surface area contributed by atoms with Crippen LogP contribution >= 0.6 is 0 Å². The lowest BCUT2D eigenvalue weighted by Gasteiger charge is -2.00. The van der Waals surface area contributed by atoms with Gasteiger partial charge in [-0.05, 0) is 18.6 Å². The van der Waals surface area contributed by atoms with Gasteiger partial charge in [-0.1, -0.05) is 37.3 Å². The zero-order valence-corrected chi connectivity index (χ0v) is 11.7. The van der Waals surface area contributed by atoms with Crippen LogP contribution in [0.5, 0.6) is 5.75 Å². The molecule has 0 aliphatic heterocycles. The van der Waals surface area contributed by atoms with Crippen molar-refractivity contribution in [1.29, 1.82) is 0 Å². The van der Waals surface area contributed by atoms with Gasteiger partial charge in [0, 0.05) is 0 Å². The van der Waals surface area contributed by atoms with Gasteiger partial charge in [0.2, 0.25) is 0 Å². The minimum absolute atomic E-state index is 0. The van der Waals surface area contributed by atoms with Crippen LogP contribution in [0.2, 0.25) is 0 Å². The highest BCUT2D eigenvalue weighted by atomic mass is 32.3. The molecule has 0 fully saturated rings. The second-order valence-electron chi connectivity index (χ2n) is 2.95. The average molecular weight is 294 g/mol. The molecule has 0 aliphatic rings. The zero-order valence-electron chi connectivity index (χ0n) is 10.9. The molecule has 0 heterocycles. The van der Waals surface area contributed by atoms with Crippen molar-refractivity contribution in [3.05, 3.63) is 42.5 Å². The van der Waals surface area contributed by atoms with Crippen molar-refractivity contribution in [3.63, 3.8) is 0 Å². The van der Waals surface area contributed by atoms with E-state index in [0.29, 0.717) is 6.61 Å². The monoisotopic (exact) mass is 294 g/mol. The van der Waals surface area contributed by atoms with Crippen LogP contribution in [0, 0.1) is 0 Å². The number of para-hydroxylation sites is 1. The van der Waals surface area contributed by atoms with Crippen molar-refractivity contribution in [2.45, 2.75) is 13.3 Å². The second kappa shape index (κ2) is 13.0. The minimum Gasteiger partial charge on any atom is -0.490 e. The lowest BCUT2D eigenvalue weighted by molar-refractivity contribution is 0.362. The molecular formula is C11H22N2O5S. The molecule has 0 saturated carbocycles. The summed E-state index contributed by atoms with van der Waals surface area (Å²) in [7, 11) is -4.67. The van der Waals surface area contributed by atoms with Crippen molar-refractivity contribution >= 4 is 10.4 Å². The van der Waals surface area contributed by atoms with E-state index in [0.717, 1.165) is 12.2 Å². The van der Waals surface area contributed by atoms with Gasteiger partial charge in [-0.3, -0.25) is 9.11 Å². The molecule has 1 aromatic carbocycles. The molecule has 19 heavy (non-hydrogen) atoms. The third-order valence-corrected chi connectivity index (χ3v) is 1.49. The second-order valence-corrected chi connectivity index (χ2v) is 3.85. The van der Waals surface area contributed by atoms with Gasteiger partial charge in [-0.15, -0.1) is 0 Å². The van der Waals surface area contributed by atoms with Crippen molar-refractivity contribution in [2.75, 3.05) is 6.61 Å². The molecule has 0 bridgehead atoms. The maximum Gasteiger partial charge on any atom is 0.394 e. The SMILES string of the molecule is CCC=CCOc1ccccc1.N.N.O=S(=O)(O)O. The fourth-order valence-electron chi connectivity index (χ4n) is 0.896. The van der Waals surface area contributed by atoms with Crippen LogP contribution < -0.4 is 17.0 Å². The van der Waals surface area contributed by atoms with Gasteiger partial charge in [-0.25, -0.2) is 0 Å². The number of ether oxygens (including phenoxy) is 1. The first-order valence-corrected chi connectivity index (χ1v) is 6.36. The average Bonchev–Trinajstić information content (AvgIpc) is 2.24. The van der Waals surface area contributed by atoms with Crippen LogP contribution in [0.4, 0.5) is 0 Å². The van der Waals surface area contributed by atoms with E-state index in [4.69, 9.17) is 22.3 Å². The zero-order chi connectivity index (χ0) is 13.1. The maximum absolute atomic E-state index is 8.74. The Morgan fingerprint density at radius 2 is 1.58 bits per heavy atom. The Labute approximate surface area is 114 Å². The third-order valence-electron chi connectivity index (χ3n) is 1.49. The summed E-state index contributed by atoms with van der Waals surface area (Å²) in [5.41, 5.74) is 0. The van der Waals surface area contributed by atoms with E-state index in [-0.39, 0.29) is 12.3 Å². The molecular weight excluding hydrogens is 272 g/mol. The van der Waals surface area contributed by atoms with Gasteiger partial charge in [0.05, 0.1) is 0 Å². The molecule has 0 unspecified atom stereocenters. The smallest absolute Gasteiger partial charge is 0.394 e.